The van der Waals surface area contributed by atoms with Crippen molar-refractivity contribution in [1.82, 2.24) is 4.98 Å². The molecule has 0 atom stereocenters. The maximum absolute atomic E-state index is 12.9. The summed E-state index contributed by atoms with van der Waals surface area (Å²) in [6, 6.07) is 7.01. The monoisotopic (exact) mass is 303 g/mol. The van der Waals surface area contributed by atoms with E-state index in [0.717, 1.165) is 23.2 Å². The molecule has 0 unspecified atom stereocenters. The summed E-state index contributed by atoms with van der Waals surface area (Å²) in [4.78, 5) is 3.93. The van der Waals surface area contributed by atoms with Gasteiger partial charge in [-0.25, -0.2) is 12.8 Å². The topological polar surface area (TPSA) is 47.0 Å². The minimum atomic E-state index is -3.87. The zero-order valence-electron chi connectivity index (χ0n) is 11.5. The SMILES string of the molecule is C=C/C(=C\C(=C)F)S(=O)(=O)c1cnc2c(C)cccc2c1. The lowest BCUT2D eigenvalue weighted by Crippen LogP contribution is -2.04. The van der Waals surface area contributed by atoms with Crippen molar-refractivity contribution in [3.05, 3.63) is 72.1 Å². The molecule has 108 valence electrons. The van der Waals surface area contributed by atoms with Gasteiger partial charge in [0.05, 0.1) is 15.3 Å². The van der Waals surface area contributed by atoms with E-state index in [0.29, 0.717) is 5.39 Å². The molecule has 0 saturated heterocycles. The van der Waals surface area contributed by atoms with Gasteiger partial charge in [0.2, 0.25) is 9.84 Å². The number of aromatic nitrogens is 1. The lowest BCUT2D eigenvalue weighted by Gasteiger charge is -2.07. The first-order chi connectivity index (χ1) is 9.86. The molecule has 0 aliphatic carbocycles. The number of pyridine rings is 1. The molecule has 0 fully saturated rings. The molecule has 0 bridgehead atoms. The van der Waals surface area contributed by atoms with Crippen LogP contribution in [-0.4, -0.2) is 13.4 Å². The number of halogens is 1. The molecule has 1 aromatic heterocycles. The molecule has 0 saturated carbocycles. The Morgan fingerprint density at radius 1 is 1.38 bits per heavy atom. The number of sulfone groups is 1. The second-order valence-electron chi connectivity index (χ2n) is 4.52. The van der Waals surface area contributed by atoms with Gasteiger partial charge in [0.25, 0.3) is 0 Å². The number of fused-ring (bicyclic) bond motifs is 1. The van der Waals surface area contributed by atoms with Gasteiger partial charge in [-0.3, -0.25) is 4.98 Å². The molecule has 1 heterocycles. The van der Waals surface area contributed by atoms with Gasteiger partial charge in [0.15, 0.2) is 0 Å². The summed E-state index contributed by atoms with van der Waals surface area (Å²) < 4.78 is 37.8. The van der Waals surface area contributed by atoms with Crippen molar-refractivity contribution in [1.29, 1.82) is 0 Å². The zero-order chi connectivity index (χ0) is 15.6. The maximum atomic E-state index is 12.9. The number of para-hydroxylation sites is 1. The van der Waals surface area contributed by atoms with Crippen LogP contribution >= 0.6 is 0 Å². The highest BCUT2D eigenvalue weighted by molar-refractivity contribution is 7.95. The van der Waals surface area contributed by atoms with Crippen LogP contribution in [0.5, 0.6) is 0 Å². The first-order valence-electron chi connectivity index (χ1n) is 6.15. The molecule has 5 heteroatoms. The van der Waals surface area contributed by atoms with Gasteiger partial charge in [-0.2, -0.15) is 0 Å². The molecule has 0 radical (unpaired) electrons. The van der Waals surface area contributed by atoms with Crippen LogP contribution in [0, 0.1) is 6.92 Å². The molecule has 0 spiro atoms. The van der Waals surface area contributed by atoms with Crippen LogP contribution in [0.15, 0.2) is 71.4 Å². The molecule has 2 rings (SSSR count). The van der Waals surface area contributed by atoms with Crippen molar-refractivity contribution in [2.45, 2.75) is 11.8 Å². The van der Waals surface area contributed by atoms with E-state index in [1.807, 2.05) is 19.1 Å². The largest absolute Gasteiger partial charge is 0.255 e. The second-order valence-corrected chi connectivity index (χ2v) is 6.47. The second kappa shape index (κ2) is 5.61. The minimum absolute atomic E-state index is 0.00648. The fourth-order valence-electron chi connectivity index (χ4n) is 1.98. The molecule has 0 amide bonds. The molecule has 0 N–H and O–H groups in total. The smallest absolute Gasteiger partial charge is 0.208 e. The third kappa shape index (κ3) is 2.92. The normalized spacial score (nSPS) is 12.4. The first kappa shape index (κ1) is 15.1. The standard InChI is InChI=1S/C16H14FNO2S/c1-4-14(8-12(3)17)21(19,20)15-9-13-7-5-6-11(2)16(13)18-10-15/h4-10H,1,3H2,2H3/b14-8+. The Kier molecular flexibility index (Phi) is 4.04. The average molecular weight is 303 g/mol. The van der Waals surface area contributed by atoms with Gasteiger partial charge < -0.3 is 0 Å². The molecule has 0 aliphatic heterocycles. The number of hydrogen-bond donors (Lipinski definition) is 0. The highest BCUT2D eigenvalue weighted by atomic mass is 32.2. The lowest BCUT2D eigenvalue weighted by atomic mass is 10.1. The number of nitrogens with zero attached hydrogens (tertiary/aromatic N) is 1. The predicted molar refractivity (Wildman–Crippen MR) is 82.2 cm³/mol. The Morgan fingerprint density at radius 2 is 2.10 bits per heavy atom. The van der Waals surface area contributed by atoms with Crippen LogP contribution in [0.4, 0.5) is 4.39 Å². The quantitative estimate of drug-likeness (QED) is 0.806. The van der Waals surface area contributed by atoms with Crippen LogP contribution < -0.4 is 0 Å². The zero-order valence-corrected chi connectivity index (χ0v) is 12.3. The van der Waals surface area contributed by atoms with Crippen molar-refractivity contribution < 1.29 is 12.8 Å². The Morgan fingerprint density at radius 3 is 2.71 bits per heavy atom. The van der Waals surface area contributed by atoms with E-state index in [4.69, 9.17) is 0 Å². The van der Waals surface area contributed by atoms with Gasteiger partial charge in [-0.15, -0.1) is 0 Å². The van der Waals surface area contributed by atoms with E-state index in [9.17, 15) is 12.8 Å². The van der Waals surface area contributed by atoms with Gasteiger partial charge >= 0.3 is 0 Å². The van der Waals surface area contributed by atoms with Gasteiger partial charge in [-0.1, -0.05) is 37.4 Å². The Labute approximate surface area is 123 Å². The fraction of sp³-hybridized carbons (Fsp3) is 0.0625. The van der Waals surface area contributed by atoms with E-state index in [2.05, 4.69) is 18.1 Å². The van der Waals surface area contributed by atoms with E-state index in [-0.39, 0.29) is 9.80 Å². The van der Waals surface area contributed by atoms with E-state index in [1.54, 1.807) is 6.07 Å². The van der Waals surface area contributed by atoms with Gasteiger partial charge in [-0.05, 0) is 24.6 Å². The summed E-state index contributed by atoms with van der Waals surface area (Å²) in [5.41, 5.74) is 1.68. The number of aryl methyl sites for hydroxylation is 1. The maximum Gasteiger partial charge on any atom is 0.208 e. The van der Waals surface area contributed by atoms with Crippen LogP contribution in [0.1, 0.15) is 5.56 Å². The molecular weight excluding hydrogens is 289 g/mol. The first-order valence-corrected chi connectivity index (χ1v) is 7.63. The Bertz CT molecular complexity index is 867. The van der Waals surface area contributed by atoms with Crippen LogP contribution in [0.25, 0.3) is 10.9 Å². The molecule has 2 aromatic rings. The molecule has 21 heavy (non-hydrogen) atoms. The van der Waals surface area contributed by atoms with Gasteiger partial charge in [0.1, 0.15) is 5.83 Å². The number of benzene rings is 1. The Balaban J connectivity index is 2.65. The van der Waals surface area contributed by atoms with Crippen molar-refractivity contribution in [3.63, 3.8) is 0 Å². The van der Waals surface area contributed by atoms with E-state index < -0.39 is 15.7 Å². The minimum Gasteiger partial charge on any atom is -0.255 e. The summed E-state index contributed by atoms with van der Waals surface area (Å²) in [6.45, 7) is 8.34. The summed E-state index contributed by atoms with van der Waals surface area (Å²) in [6.07, 6.45) is 3.19. The molecule has 0 aliphatic rings. The summed E-state index contributed by atoms with van der Waals surface area (Å²) in [5.74, 6) is -0.849. The van der Waals surface area contributed by atoms with Crippen molar-refractivity contribution in [2.75, 3.05) is 0 Å². The number of rotatable bonds is 4. The van der Waals surface area contributed by atoms with Gasteiger partial charge in [0, 0.05) is 11.6 Å². The van der Waals surface area contributed by atoms with Crippen molar-refractivity contribution >= 4 is 20.7 Å². The third-order valence-electron chi connectivity index (χ3n) is 3.01. The van der Waals surface area contributed by atoms with Crippen molar-refractivity contribution in [3.8, 4) is 0 Å². The fourth-order valence-corrected chi connectivity index (χ4v) is 3.22. The van der Waals surface area contributed by atoms with E-state index in [1.165, 1.54) is 12.3 Å². The highest BCUT2D eigenvalue weighted by Gasteiger charge is 2.19. The van der Waals surface area contributed by atoms with Crippen LogP contribution in [0.3, 0.4) is 0 Å². The molecular formula is C16H14FNO2S. The average Bonchev–Trinajstić information content (AvgIpc) is 2.44. The Hall–Kier alpha value is -2.27. The number of allylic oxidation sites excluding steroid dienone is 3. The van der Waals surface area contributed by atoms with Crippen LogP contribution in [-0.2, 0) is 9.84 Å². The summed E-state index contributed by atoms with van der Waals surface area (Å²) in [7, 11) is -3.87. The lowest BCUT2D eigenvalue weighted by molar-refractivity contribution is 0.602. The summed E-state index contributed by atoms with van der Waals surface area (Å²) >= 11 is 0. The summed E-state index contributed by atoms with van der Waals surface area (Å²) in [5, 5.41) is 0.707. The third-order valence-corrected chi connectivity index (χ3v) is 4.76. The molecule has 3 nitrogen and oxygen atoms in total. The highest BCUT2D eigenvalue weighted by Crippen LogP contribution is 2.25. The predicted octanol–water partition coefficient (Wildman–Crippen LogP) is 3.87. The van der Waals surface area contributed by atoms with Crippen LogP contribution in [0.2, 0.25) is 0 Å². The number of hydrogen-bond acceptors (Lipinski definition) is 3. The molecule has 1 aromatic carbocycles. The van der Waals surface area contributed by atoms with E-state index >= 15 is 0 Å². The van der Waals surface area contributed by atoms with Crippen molar-refractivity contribution in [2.24, 2.45) is 0 Å².